The summed E-state index contributed by atoms with van der Waals surface area (Å²) in [6, 6.07) is 18.2. The zero-order chi connectivity index (χ0) is 19.1. The summed E-state index contributed by atoms with van der Waals surface area (Å²) in [5.74, 6) is 0.990. The topological polar surface area (TPSA) is 41.9 Å². The summed E-state index contributed by atoms with van der Waals surface area (Å²) in [6.07, 6.45) is 2.13. The minimum absolute atomic E-state index is 0.154. The van der Waals surface area contributed by atoms with Crippen LogP contribution in [0.2, 0.25) is 0 Å². The Hall–Kier alpha value is -2.27. The summed E-state index contributed by atoms with van der Waals surface area (Å²) in [6.45, 7) is 3.60. The highest BCUT2D eigenvalue weighted by Crippen LogP contribution is 2.26. The molecule has 0 saturated carbocycles. The van der Waals surface area contributed by atoms with Crippen LogP contribution in [0.5, 0.6) is 5.75 Å². The first-order valence-corrected chi connectivity index (χ1v) is 10.2. The largest absolute Gasteiger partial charge is 0.497 e. The highest BCUT2D eigenvalue weighted by molar-refractivity contribution is 8.14. The van der Waals surface area contributed by atoms with Gasteiger partial charge in [-0.3, -0.25) is 14.7 Å². The Balaban J connectivity index is 1.55. The standard InChI is InChI=1S/C22H26N2O2S/c1-17-16-24(21(25)13-10-19-8-11-20(26-2)12-9-19)22(27-17)23-15-14-18-6-4-3-5-7-18/h3-9,11-12,17H,10,13-16H2,1-2H3. The first kappa shape index (κ1) is 19.5. The van der Waals surface area contributed by atoms with Crippen molar-refractivity contribution in [3.63, 3.8) is 0 Å². The molecule has 1 heterocycles. The van der Waals surface area contributed by atoms with Crippen molar-refractivity contribution in [2.45, 2.75) is 31.4 Å². The van der Waals surface area contributed by atoms with Gasteiger partial charge in [-0.1, -0.05) is 61.2 Å². The van der Waals surface area contributed by atoms with Crippen LogP contribution in [0.4, 0.5) is 0 Å². The second-order valence-corrected chi connectivity index (χ2v) is 8.09. The Labute approximate surface area is 165 Å². The molecule has 1 fully saturated rings. The van der Waals surface area contributed by atoms with E-state index in [2.05, 4.69) is 19.1 Å². The predicted molar refractivity (Wildman–Crippen MR) is 113 cm³/mol. The number of rotatable bonds is 7. The molecule has 1 amide bonds. The minimum Gasteiger partial charge on any atom is -0.497 e. The fraction of sp³-hybridized carbons (Fsp3) is 0.364. The molecule has 1 unspecified atom stereocenters. The van der Waals surface area contributed by atoms with E-state index < -0.39 is 0 Å². The van der Waals surface area contributed by atoms with Gasteiger partial charge >= 0.3 is 0 Å². The summed E-state index contributed by atoms with van der Waals surface area (Å²) in [7, 11) is 1.66. The molecule has 2 aromatic rings. The number of nitrogens with zero attached hydrogens (tertiary/aromatic N) is 2. The lowest BCUT2D eigenvalue weighted by molar-refractivity contribution is -0.127. The summed E-state index contributed by atoms with van der Waals surface area (Å²) in [4.78, 5) is 19.3. The van der Waals surface area contributed by atoms with E-state index in [1.54, 1.807) is 18.9 Å². The molecule has 27 heavy (non-hydrogen) atoms. The molecule has 5 heteroatoms. The van der Waals surface area contributed by atoms with Crippen molar-refractivity contribution >= 4 is 22.8 Å². The third-order valence-electron chi connectivity index (χ3n) is 4.56. The van der Waals surface area contributed by atoms with E-state index in [-0.39, 0.29) is 5.91 Å². The molecule has 1 atom stereocenters. The maximum absolute atomic E-state index is 12.7. The number of amidine groups is 1. The second-order valence-electron chi connectivity index (χ2n) is 6.68. The summed E-state index contributed by atoms with van der Waals surface area (Å²) >= 11 is 1.70. The van der Waals surface area contributed by atoms with E-state index >= 15 is 0 Å². The maximum atomic E-state index is 12.7. The third kappa shape index (κ3) is 5.60. The molecule has 4 nitrogen and oxygen atoms in total. The first-order chi connectivity index (χ1) is 13.2. The number of carbonyl (C=O) groups excluding carboxylic acids is 1. The lowest BCUT2D eigenvalue weighted by atomic mass is 10.1. The molecule has 0 radical (unpaired) electrons. The van der Waals surface area contributed by atoms with E-state index in [9.17, 15) is 4.79 Å². The summed E-state index contributed by atoms with van der Waals surface area (Å²) in [5, 5.41) is 1.27. The average molecular weight is 383 g/mol. The molecule has 0 spiro atoms. The quantitative estimate of drug-likeness (QED) is 0.721. The highest BCUT2D eigenvalue weighted by Gasteiger charge is 2.30. The number of aliphatic imine (C=N–C) groups is 1. The van der Waals surface area contributed by atoms with Gasteiger partial charge < -0.3 is 4.74 Å². The van der Waals surface area contributed by atoms with Crippen molar-refractivity contribution in [3.05, 3.63) is 65.7 Å². The molecular weight excluding hydrogens is 356 g/mol. The molecule has 1 aliphatic rings. The van der Waals surface area contributed by atoms with Crippen LogP contribution in [-0.4, -0.2) is 41.4 Å². The highest BCUT2D eigenvalue weighted by atomic mass is 32.2. The number of hydrogen-bond acceptors (Lipinski definition) is 4. The van der Waals surface area contributed by atoms with Crippen LogP contribution in [0, 0.1) is 0 Å². The van der Waals surface area contributed by atoms with Crippen molar-refractivity contribution in [2.24, 2.45) is 4.99 Å². The van der Waals surface area contributed by atoms with E-state index in [0.29, 0.717) is 18.2 Å². The number of amides is 1. The maximum Gasteiger partial charge on any atom is 0.228 e. The summed E-state index contributed by atoms with van der Waals surface area (Å²) in [5.41, 5.74) is 2.42. The molecule has 0 aliphatic carbocycles. The Morgan fingerprint density at radius 1 is 1.11 bits per heavy atom. The molecule has 1 aliphatic heterocycles. The van der Waals surface area contributed by atoms with Crippen molar-refractivity contribution in [1.29, 1.82) is 0 Å². The number of ether oxygens (including phenoxy) is 1. The molecule has 142 valence electrons. The van der Waals surface area contributed by atoms with Crippen molar-refractivity contribution < 1.29 is 9.53 Å². The smallest absolute Gasteiger partial charge is 0.228 e. The molecule has 0 aromatic heterocycles. The van der Waals surface area contributed by atoms with Gasteiger partial charge in [0.2, 0.25) is 5.91 Å². The van der Waals surface area contributed by atoms with Gasteiger partial charge in [-0.2, -0.15) is 0 Å². The number of methoxy groups -OCH3 is 1. The third-order valence-corrected chi connectivity index (χ3v) is 5.67. The first-order valence-electron chi connectivity index (χ1n) is 9.34. The predicted octanol–water partition coefficient (Wildman–Crippen LogP) is 4.19. The van der Waals surface area contributed by atoms with Gasteiger partial charge in [0, 0.05) is 24.8 Å². The minimum atomic E-state index is 0.154. The molecule has 0 bridgehead atoms. The fourth-order valence-electron chi connectivity index (χ4n) is 3.05. The Morgan fingerprint density at radius 3 is 2.52 bits per heavy atom. The van der Waals surface area contributed by atoms with Gasteiger partial charge in [0.1, 0.15) is 5.75 Å². The lowest BCUT2D eigenvalue weighted by Crippen LogP contribution is -2.33. The Bertz CT molecular complexity index is 775. The van der Waals surface area contributed by atoms with E-state index in [0.717, 1.165) is 35.9 Å². The number of thioether (sulfide) groups is 1. The number of benzene rings is 2. The van der Waals surface area contributed by atoms with E-state index in [1.165, 1.54) is 5.56 Å². The number of carbonyl (C=O) groups is 1. The monoisotopic (exact) mass is 382 g/mol. The van der Waals surface area contributed by atoms with E-state index in [1.807, 2.05) is 47.4 Å². The van der Waals surface area contributed by atoms with E-state index in [4.69, 9.17) is 9.73 Å². The number of aryl methyl sites for hydroxylation is 1. The van der Waals surface area contributed by atoms with Gasteiger partial charge in [0.15, 0.2) is 5.17 Å². The lowest BCUT2D eigenvalue weighted by Gasteiger charge is -2.16. The average Bonchev–Trinajstić information content (AvgIpc) is 3.08. The van der Waals surface area contributed by atoms with Gasteiger partial charge in [-0.25, -0.2) is 0 Å². The van der Waals surface area contributed by atoms with Crippen molar-refractivity contribution in [2.75, 3.05) is 20.2 Å². The Kier molecular flexibility index (Phi) is 6.93. The summed E-state index contributed by atoms with van der Waals surface area (Å²) < 4.78 is 5.18. The van der Waals surface area contributed by atoms with Gasteiger partial charge in [-0.15, -0.1) is 0 Å². The molecule has 2 aromatic carbocycles. The van der Waals surface area contributed by atoms with Crippen LogP contribution in [0.1, 0.15) is 24.5 Å². The van der Waals surface area contributed by atoms with Crippen LogP contribution in [0.25, 0.3) is 0 Å². The molecule has 0 N–H and O–H groups in total. The zero-order valence-electron chi connectivity index (χ0n) is 15.9. The molecule has 1 saturated heterocycles. The number of hydrogen-bond donors (Lipinski definition) is 0. The van der Waals surface area contributed by atoms with Crippen LogP contribution in [0.15, 0.2) is 59.6 Å². The van der Waals surface area contributed by atoms with Gasteiger partial charge in [-0.05, 0) is 36.1 Å². The normalized spacial score (nSPS) is 18.1. The SMILES string of the molecule is COc1ccc(CCC(=O)N2CC(C)SC2=NCCc2ccccc2)cc1. The zero-order valence-corrected chi connectivity index (χ0v) is 16.7. The van der Waals surface area contributed by atoms with Crippen LogP contribution in [0.3, 0.4) is 0 Å². The van der Waals surface area contributed by atoms with Crippen LogP contribution < -0.4 is 4.74 Å². The molecule has 3 rings (SSSR count). The van der Waals surface area contributed by atoms with Gasteiger partial charge in [0.05, 0.1) is 7.11 Å². The molecular formula is C22H26N2O2S. The van der Waals surface area contributed by atoms with Crippen LogP contribution in [-0.2, 0) is 17.6 Å². The fourth-order valence-corrected chi connectivity index (χ4v) is 4.10. The van der Waals surface area contributed by atoms with Crippen molar-refractivity contribution in [1.82, 2.24) is 4.90 Å². The second kappa shape index (κ2) is 9.60. The Morgan fingerprint density at radius 2 is 1.81 bits per heavy atom. The van der Waals surface area contributed by atoms with Crippen molar-refractivity contribution in [3.8, 4) is 5.75 Å². The van der Waals surface area contributed by atoms with Gasteiger partial charge in [0.25, 0.3) is 0 Å². The van der Waals surface area contributed by atoms with Crippen LogP contribution >= 0.6 is 11.8 Å².